The zero-order valence-corrected chi connectivity index (χ0v) is 9.62. The van der Waals surface area contributed by atoms with Gasteiger partial charge < -0.3 is 10.7 Å². The molecule has 0 aromatic carbocycles. The highest BCUT2D eigenvalue weighted by molar-refractivity contribution is 8.02. The minimum absolute atomic E-state index is 0.263. The van der Waals surface area contributed by atoms with Gasteiger partial charge in [-0.25, -0.2) is 9.98 Å². The molecule has 0 amide bonds. The van der Waals surface area contributed by atoms with Crippen LogP contribution in [0.3, 0.4) is 0 Å². The van der Waals surface area contributed by atoms with Gasteiger partial charge in [0.15, 0.2) is 0 Å². The lowest BCUT2D eigenvalue weighted by atomic mass is 10.2. The Morgan fingerprint density at radius 1 is 1.75 bits per heavy atom. The molecule has 1 aromatic rings. The molecule has 0 aliphatic heterocycles. The summed E-state index contributed by atoms with van der Waals surface area (Å²) in [6, 6.07) is 0. The normalized spacial score (nSPS) is 11.9. The first-order chi connectivity index (χ1) is 7.69. The van der Waals surface area contributed by atoms with Crippen LogP contribution in [0.15, 0.2) is 39.9 Å². The van der Waals surface area contributed by atoms with Gasteiger partial charge in [0.1, 0.15) is 0 Å². The van der Waals surface area contributed by atoms with Crippen molar-refractivity contribution in [1.29, 1.82) is 0 Å². The fraction of sp³-hybridized carbons (Fsp3) is 0.100. The van der Waals surface area contributed by atoms with Crippen LogP contribution in [0.5, 0.6) is 0 Å². The Kier molecular flexibility index (Phi) is 4.53. The lowest BCUT2D eigenvalue weighted by molar-refractivity contribution is 1.10. The molecular weight excluding hydrogens is 224 g/mol. The molecule has 0 spiro atoms. The minimum atomic E-state index is -0.263. The molecule has 0 fully saturated rings. The van der Waals surface area contributed by atoms with Crippen molar-refractivity contribution in [1.82, 2.24) is 9.97 Å². The number of nitrogens with two attached hydrogens (primary N) is 1. The predicted octanol–water partition coefficient (Wildman–Crippen LogP) is 0.974. The SMILES string of the molecule is C=C(/C=C(\N=CN)c1cnc[nH]c1=O)SC. The second kappa shape index (κ2) is 5.92. The molecule has 5 nitrogen and oxygen atoms in total. The molecule has 0 aliphatic rings. The highest BCUT2D eigenvalue weighted by atomic mass is 32.2. The van der Waals surface area contributed by atoms with E-state index < -0.39 is 0 Å². The highest BCUT2D eigenvalue weighted by Gasteiger charge is 2.05. The Hall–Kier alpha value is -1.82. The largest absolute Gasteiger partial charge is 0.390 e. The van der Waals surface area contributed by atoms with Crippen molar-refractivity contribution in [3.8, 4) is 0 Å². The van der Waals surface area contributed by atoms with Crippen molar-refractivity contribution < 1.29 is 0 Å². The number of H-pyrrole nitrogens is 1. The zero-order chi connectivity index (χ0) is 12.0. The van der Waals surface area contributed by atoms with E-state index in [1.54, 1.807) is 6.08 Å². The van der Waals surface area contributed by atoms with Crippen molar-refractivity contribution in [3.05, 3.63) is 46.0 Å². The summed E-state index contributed by atoms with van der Waals surface area (Å²) in [5.41, 5.74) is 5.77. The molecule has 84 valence electrons. The third-order valence-corrected chi connectivity index (χ3v) is 2.41. The maximum atomic E-state index is 11.5. The summed E-state index contributed by atoms with van der Waals surface area (Å²) in [5.74, 6) is 0. The van der Waals surface area contributed by atoms with Crippen LogP contribution >= 0.6 is 11.8 Å². The monoisotopic (exact) mass is 236 g/mol. The van der Waals surface area contributed by atoms with Gasteiger partial charge in [-0.1, -0.05) is 6.58 Å². The lowest BCUT2D eigenvalue weighted by Crippen LogP contribution is -2.11. The van der Waals surface area contributed by atoms with Crippen LogP contribution in [-0.4, -0.2) is 22.6 Å². The third kappa shape index (κ3) is 3.09. The van der Waals surface area contributed by atoms with Gasteiger partial charge in [-0.2, -0.15) is 0 Å². The molecule has 1 rings (SSSR count). The van der Waals surface area contributed by atoms with Crippen molar-refractivity contribution in [2.45, 2.75) is 0 Å². The molecule has 16 heavy (non-hydrogen) atoms. The van der Waals surface area contributed by atoms with E-state index >= 15 is 0 Å². The number of aliphatic imine (C=N–C) groups is 1. The second-order valence-electron chi connectivity index (χ2n) is 2.77. The fourth-order valence-electron chi connectivity index (χ4n) is 1.00. The van der Waals surface area contributed by atoms with Crippen molar-refractivity contribution in [3.63, 3.8) is 0 Å². The number of thioether (sulfide) groups is 1. The smallest absolute Gasteiger partial charge is 0.260 e. The number of allylic oxidation sites excluding steroid dienone is 1. The maximum absolute atomic E-state index is 11.5. The Labute approximate surface area is 97.2 Å². The molecule has 0 unspecified atom stereocenters. The highest BCUT2D eigenvalue weighted by Crippen LogP contribution is 2.18. The van der Waals surface area contributed by atoms with Gasteiger partial charge in [0.05, 0.1) is 23.9 Å². The van der Waals surface area contributed by atoms with E-state index in [2.05, 4.69) is 21.5 Å². The van der Waals surface area contributed by atoms with Crippen LogP contribution in [0.2, 0.25) is 0 Å². The minimum Gasteiger partial charge on any atom is -0.390 e. The van der Waals surface area contributed by atoms with Crippen molar-refractivity contribution in [2.75, 3.05) is 6.26 Å². The molecule has 0 saturated heterocycles. The fourth-order valence-corrected chi connectivity index (χ4v) is 1.23. The van der Waals surface area contributed by atoms with Crippen LogP contribution in [0.4, 0.5) is 0 Å². The molecule has 0 radical (unpaired) electrons. The van der Waals surface area contributed by atoms with Crippen molar-refractivity contribution >= 4 is 23.8 Å². The molecule has 1 aromatic heterocycles. The molecule has 0 aliphatic carbocycles. The predicted molar refractivity (Wildman–Crippen MR) is 68.2 cm³/mol. The standard InChI is InChI=1S/C10H12N4OS/c1-7(16-2)3-9(13-5-11)8-4-12-6-14-10(8)15/h3-6H,1H2,2H3,(H2,11,13)(H,12,14,15)/b9-3-. The van der Waals surface area contributed by atoms with Crippen LogP contribution in [0, 0.1) is 0 Å². The molecule has 3 N–H and O–H groups in total. The number of hydrogen-bond acceptors (Lipinski definition) is 4. The Bertz CT molecular complexity index is 490. The molecule has 0 bridgehead atoms. The number of nitrogens with zero attached hydrogens (tertiary/aromatic N) is 2. The van der Waals surface area contributed by atoms with E-state index in [1.165, 1.54) is 24.3 Å². The summed E-state index contributed by atoms with van der Waals surface area (Å²) in [6.45, 7) is 3.79. The van der Waals surface area contributed by atoms with Crippen LogP contribution < -0.4 is 11.3 Å². The van der Waals surface area contributed by atoms with Gasteiger partial charge in [-0.3, -0.25) is 4.79 Å². The quantitative estimate of drug-likeness (QED) is 0.463. The van der Waals surface area contributed by atoms with Gasteiger partial charge in [-0.05, 0) is 12.3 Å². The molecule has 1 heterocycles. The Morgan fingerprint density at radius 2 is 2.50 bits per heavy atom. The zero-order valence-electron chi connectivity index (χ0n) is 8.80. The number of hydrogen-bond donors (Lipinski definition) is 2. The second-order valence-corrected chi connectivity index (χ2v) is 3.71. The Balaban J connectivity index is 3.24. The van der Waals surface area contributed by atoms with Crippen LogP contribution in [0.25, 0.3) is 5.70 Å². The van der Waals surface area contributed by atoms with E-state index in [0.29, 0.717) is 11.3 Å². The van der Waals surface area contributed by atoms with Crippen LogP contribution in [-0.2, 0) is 0 Å². The first-order valence-corrected chi connectivity index (χ1v) is 5.63. The summed E-state index contributed by atoms with van der Waals surface area (Å²) >= 11 is 1.46. The molecule has 6 heteroatoms. The first kappa shape index (κ1) is 12.3. The van der Waals surface area contributed by atoms with Gasteiger partial charge >= 0.3 is 0 Å². The number of nitrogens with one attached hydrogen (secondary N) is 1. The molecule has 0 saturated carbocycles. The van der Waals surface area contributed by atoms with E-state index in [9.17, 15) is 4.79 Å². The van der Waals surface area contributed by atoms with Gasteiger partial charge in [0.25, 0.3) is 5.56 Å². The summed E-state index contributed by atoms with van der Waals surface area (Å²) in [4.78, 5) is 22.5. The van der Waals surface area contributed by atoms with E-state index in [-0.39, 0.29) is 5.56 Å². The summed E-state index contributed by atoms with van der Waals surface area (Å²) < 4.78 is 0. The van der Waals surface area contributed by atoms with Crippen LogP contribution in [0.1, 0.15) is 5.56 Å². The van der Waals surface area contributed by atoms with E-state index in [4.69, 9.17) is 5.73 Å². The summed E-state index contributed by atoms with van der Waals surface area (Å²) in [6.07, 6.45) is 7.45. The average molecular weight is 236 g/mol. The van der Waals surface area contributed by atoms with E-state index in [0.717, 1.165) is 11.2 Å². The topological polar surface area (TPSA) is 84.1 Å². The molecule has 0 atom stereocenters. The lowest BCUT2D eigenvalue weighted by Gasteiger charge is -2.00. The van der Waals surface area contributed by atoms with Gasteiger partial charge in [-0.15, -0.1) is 11.8 Å². The number of rotatable bonds is 4. The summed E-state index contributed by atoms with van der Waals surface area (Å²) in [7, 11) is 0. The summed E-state index contributed by atoms with van der Waals surface area (Å²) in [5, 5.41) is 0. The Morgan fingerprint density at radius 3 is 3.06 bits per heavy atom. The third-order valence-electron chi connectivity index (χ3n) is 1.77. The van der Waals surface area contributed by atoms with Gasteiger partial charge in [0, 0.05) is 11.1 Å². The van der Waals surface area contributed by atoms with E-state index in [1.807, 2.05) is 6.26 Å². The number of aromatic nitrogens is 2. The maximum Gasteiger partial charge on any atom is 0.260 e. The first-order valence-electron chi connectivity index (χ1n) is 4.41. The average Bonchev–Trinajstić information content (AvgIpc) is 2.29. The van der Waals surface area contributed by atoms with Gasteiger partial charge in [0.2, 0.25) is 0 Å². The number of aromatic amines is 1. The van der Waals surface area contributed by atoms with Crippen molar-refractivity contribution in [2.24, 2.45) is 10.7 Å². The molecular formula is C10H12N4OS.